The Morgan fingerprint density at radius 1 is 0.914 bits per heavy atom. The van der Waals surface area contributed by atoms with Crippen LogP contribution < -0.4 is 0 Å². The maximum Gasteiger partial charge on any atom is 0.303 e. The Bertz CT molecular complexity index is 820. The Labute approximate surface area is 235 Å². The molecular formula is C31H51CdO3-. The van der Waals surface area contributed by atoms with Crippen molar-refractivity contribution in [2.75, 3.05) is 0 Å². The first kappa shape index (κ1) is 29.6. The van der Waals surface area contributed by atoms with E-state index in [1.165, 1.54) is 57.8 Å². The molecule has 1 N–H and O–H groups in total. The van der Waals surface area contributed by atoms with Crippen molar-refractivity contribution in [1.29, 1.82) is 0 Å². The number of rotatable bonds is 5. The maximum absolute atomic E-state index is 11.0. The summed E-state index contributed by atoms with van der Waals surface area (Å²) in [6.07, 6.45) is 17.8. The van der Waals surface area contributed by atoms with Gasteiger partial charge in [0.05, 0.1) is 0 Å². The summed E-state index contributed by atoms with van der Waals surface area (Å²) in [7, 11) is 0. The molecule has 0 saturated heterocycles. The largest absolute Gasteiger partial charge is 0.481 e. The Morgan fingerprint density at radius 2 is 1.51 bits per heavy atom. The standard InChI is InChI=1S/C26H41O2.C5H10O.Cd/c1-22(2)12-6-13-25-17-26(25)16-15-23(3)18(7-5-8-21(27)28)11-14-24(23,4)20(26)10-9-19(22)25;1-4(2)5(3)6;/h12,18-20H,5-11,13-17H2,1-4H3,(H,27,28);4H,1-3H3;/q-1;;/t18?,19?,20?,23?,24-,25?,26?;;/m0../s1. The molecule has 0 aromatic rings. The van der Waals surface area contributed by atoms with Crippen molar-refractivity contribution >= 4 is 11.8 Å². The number of carbonyl (C=O) groups is 2. The summed E-state index contributed by atoms with van der Waals surface area (Å²) in [6.45, 7) is 15.7. The third kappa shape index (κ3) is 4.52. The van der Waals surface area contributed by atoms with Gasteiger partial charge in [0, 0.05) is 39.6 Å². The van der Waals surface area contributed by atoms with E-state index in [1.54, 1.807) is 6.92 Å². The number of hydrogen-bond donors (Lipinski definition) is 1. The van der Waals surface area contributed by atoms with Crippen LogP contribution in [0.3, 0.4) is 0 Å². The third-order valence-corrected chi connectivity index (χ3v) is 12.6. The Balaban J connectivity index is 0.000000439. The first-order valence-electron chi connectivity index (χ1n) is 14.3. The van der Waals surface area contributed by atoms with Crippen LogP contribution in [0.5, 0.6) is 0 Å². The molecule has 5 aliphatic carbocycles. The summed E-state index contributed by atoms with van der Waals surface area (Å²) >= 11 is 0. The molecule has 2 spiro atoms. The van der Waals surface area contributed by atoms with Gasteiger partial charge in [0.25, 0.3) is 0 Å². The Hall–Kier alpha value is 0.0621. The normalized spacial score (nSPS) is 44.4. The van der Waals surface area contributed by atoms with E-state index in [1.807, 2.05) is 13.8 Å². The van der Waals surface area contributed by atoms with Crippen molar-refractivity contribution in [3.05, 3.63) is 6.42 Å². The molecule has 0 bridgehead atoms. The molecule has 5 fully saturated rings. The molecule has 0 radical (unpaired) electrons. The second kappa shape index (κ2) is 9.99. The van der Waals surface area contributed by atoms with Crippen LogP contribution in [0, 0.1) is 57.2 Å². The summed E-state index contributed by atoms with van der Waals surface area (Å²) in [5.74, 6) is 2.44. The Morgan fingerprint density at radius 3 is 2.11 bits per heavy atom. The number of ketones is 1. The number of carbonyl (C=O) groups excluding carboxylic acids is 1. The fourth-order valence-electron chi connectivity index (χ4n) is 10.3. The molecule has 5 rings (SSSR count). The van der Waals surface area contributed by atoms with Crippen LogP contribution in [0.2, 0.25) is 0 Å². The average molecular weight is 584 g/mol. The van der Waals surface area contributed by atoms with Crippen LogP contribution >= 0.6 is 0 Å². The summed E-state index contributed by atoms with van der Waals surface area (Å²) in [4.78, 5) is 21.2. The molecular weight excluding hydrogens is 533 g/mol. The number of hydrogen-bond acceptors (Lipinski definition) is 2. The second-order valence-corrected chi connectivity index (χ2v) is 14.4. The van der Waals surface area contributed by atoms with Gasteiger partial charge in [-0.1, -0.05) is 60.3 Å². The molecule has 5 aliphatic rings. The monoisotopic (exact) mass is 585 g/mol. The molecule has 0 amide bonds. The molecule has 3 nitrogen and oxygen atoms in total. The van der Waals surface area contributed by atoms with Crippen molar-refractivity contribution in [2.45, 2.75) is 126 Å². The molecule has 0 aromatic carbocycles. The third-order valence-electron chi connectivity index (χ3n) is 12.6. The molecule has 196 valence electrons. The van der Waals surface area contributed by atoms with E-state index in [2.05, 4.69) is 34.1 Å². The van der Waals surface area contributed by atoms with E-state index in [0.29, 0.717) is 33.5 Å². The number of fused-ring (bicyclic) bond motifs is 2. The summed E-state index contributed by atoms with van der Waals surface area (Å²) < 4.78 is 0. The van der Waals surface area contributed by atoms with Crippen molar-refractivity contribution < 1.29 is 42.0 Å². The van der Waals surface area contributed by atoms with Gasteiger partial charge < -0.3 is 11.5 Å². The van der Waals surface area contributed by atoms with Gasteiger partial charge >= 0.3 is 5.97 Å². The van der Waals surface area contributed by atoms with Crippen molar-refractivity contribution in [1.82, 2.24) is 0 Å². The van der Waals surface area contributed by atoms with E-state index in [9.17, 15) is 9.59 Å². The predicted molar refractivity (Wildman–Crippen MR) is 138 cm³/mol. The number of Topliss-reactive ketones (excluding diaryl/α,β-unsaturated/α-hetero) is 1. The summed E-state index contributed by atoms with van der Waals surface area (Å²) in [5.41, 5.74) is 2.68. The minimum atomic E-state index is -0.622. The predicted octanol–water partition coefficient (Wildman–Crippen LogP) is 8.11. The molecule has 0 aliphatic heterocycles. The molecule has 7 atom stereocenters. The molecule has 35 heavy (non-hydrogen) atoms. The zero-order chi connectivity index (χ0) is 25.2. The van der Waals surface area contributed by atoms with Crippen LogP contribution in [0.15, 0.2) is 0 Å². The van der Waals surface area contributed by atoms with E-state index in [4.69, 9.17) is 5.11 Å². The molecule has 5 saturated carbocycles. The van der Waals surface area contributed by atoms with Crippen molar-refractivity contribution in [2.24, 2.45) is 50.7 Å². The van der Waals surface area contributed by atoms with Crippen molar-refractivity contribution in [3.63, 3.8) is 0 Å². The van der Waals surface area contributed by atoms with Gasteiger partial charge in [0.2, 0.25) is 0 Å². The van der Waals surface area contributed by atoms with Gasteiger partial charge in [0.1, 0.15) is 5.78 Å². The first-order chi connectivity index (χ1) is 15.8. The fourth-order valence-corrected chi connectivity index (χ4v) is 10.3. The summed E-state index contributed by atoms with van der Waals surface area (Å²) in [6, 6.07) is 0. The maximum atomic E-state index is 11.0. The van der Waals surface area contributed by atoms with Gasteiger partial charge in [-0.2, -0.15) is 11.8 Å². The fraction of sp³-hybridized carbons (Fsp3) is 0.903. The van der Waals surface area contributed by atoms with Gasteiger partial charge in [-0.3, -0.25) is 9.59 Å². The Kier molecular flexibility index (Phi) is 8.45. The molecule has 0 aromatic heterocycles. The van der Waals surface area contributed by atoms with Crippen LogP contribution in [0.1, 0.15) is 126 Å². The first-order valence-corrected chi connectivity index (χ1v) is 14.3. The van der Waals surface area contributed by atoms with Crippen LogP contribution in [0.4, 0.5) is 0 Å². The summed E-state index contributed by atoms with van der Waals surface area (Å²) in [5, 5.41) is 9.08. The zero-order valence-corrected chi connectivity index (χ0v) is 27.9. The van der Waals surface area contributed by atoms with Gasteiger partial charge in [-0.05, 0) is 91.8 Å². The number of carboxylic acid groups (broad SMARTS) is 1. The zero-order valence-electron chi connectivity index (χ0n) is 23.8. The quantitative estimate of drug-likeness (QED) is 0.263. The van der Waals surface area contributed by atoms with Crippen LogP contribution in [-0.2, 0) is 36.9 Å². The van der Waals surface area contributed by atoms with Gasteiger partial charge in [0.15, 0.2) is 0 Å². The van der Waals surface area contributed by atoms with Crippen LogP contribution in [-0.4, -0.2) is 16.9 Å². The molecule has 0 heterocycles. The minimum Gasteiger partial charge on any atom is -0.481 e. The number of carboxylic acids is 1. The smallest absolute Gasteiger partial charge is 0.303 e. The topological polar surface area (TPSA) is 54.4 Å². The van der Waals surface area contributed by atoms with Crippen LogP contribution in [0.25, 0.3) is 0 Å². The van der Waals surface area contributed by atoms with Gasteiger partial charge in [-0.15, -0.1) is 0 Å². The van der Waals surface area contributed by atoms with E-state index >= 15 is 0 Å². The number of aliphatic carboxylic acids is 1. The SMILES string of the molecule is CC(=O)C(C)C.CC1(C)[CH-]CCC23CC24CCC2(C)C(CCCC(=O)O)CC[C@@]2(C)C4CCC13.[Cd]. The molecule has 4 heteroatoms. The van der Waals surface area contributed by atoms with Gasteiger partial charge in [-0.25, -0.2) is 0 Å². The average Bonchev–Trinajstić information content (AvgIpc) is 3.32. The second-order valence-electron chi connectivity index (χ2n) is 14.4. The van der Waals surface area contributed by atoms with E-state index in [-0.39, 0.29) is 39.0 Å². The minimum absolute atomic E-state index is 0. The van der Waals surface area contributed by atoms with E-state index < -0.39 is 5.97 Å². The van der Waals surface area contributed by atoms with E-state index in [0.717, 1.165) is 30.6 Å². The molecule has 6 unspecified atom stereocenters. The van der Waals surface area contributed by atoms with Crippen molar-refractivity contribution in [3.8, 4) is 0 Å².